The Kier molecular flexibility index (Phi) is 3.59. The van der Waals surface area contributed by atoms with E-state index in [0.717, 1.165) is 16.8 Å². The van der Waals surface area contributed by atoms with Crippen LogP contribution in [-0.2, 0) is 0 Å². The smallest absolute Gasteiger partial charge is 0.159 e. The normalized spacial score (nSPS) is 10.7. The summed E-state index contributed by atoms with van der Waals surface area (Å²) in [4.78, 5) is 16.2. The van der Waals surface area contributed by atoms with Gasteiger partial charge in [-0.25, -0.2) is 19.3 Å². The van der Waals surface area contributed by atoms with Gasteiger partial charge < -0.3 is 4.98 Å². The van der Waals surface area contributed by atoms with Crippen LogP contribution in [0.3, 0.4) is 0 Å². The van der Waals surface area contributed by atoms with E-state index in [1.165, 1.54) is 6.07 Å². The quantitative estimate of drug-likeness (QED) is 0.611. The van der Waals surface area contributed by atoms with Gasteiger partial charge in [0.15, 0.2) is 5.82 Å². The molecule has 0 bridgehead atoms. The first-order chi connectivity index (χ1) is 11.8. The number of nitrogens with zero attached hydrogens (tertiary/aromatic N) is 3. The molecule has 1 N–H and O–H groups in total. The van der Waals surface area contributed by atoms with Gasteiger partial charge in [-0.15, -0.1) is 0 Å². The molecule has 0 fully saturated rings. The van der Waals surface area contributed by atoms with E-state index in [9.17, 15) is 4.39 Å². The zero-order chi connectivity index (χ0) is 16.4. The van der Waals surface area contributed by atoms with Gasteiger partial charge in [0.25, 0.3) is 0 Å². The largest absolute Gasteiger partial charge is 0.338 e. The maximum absolute atomic E-state index is 13.8. The van der Waals surface area contributed by atoms with Crippen molar-refractivity contribution in [3.63, 3.8) is 0 Å². The van der Waals surface area contributed by atoms with Crippen LogP contribution in [0.4, 0.5) is 4.39 Å². The summed E-state index contributed by atoms with van der Waals surface area (Å²) >= 11 is 0. The van der Waals surface area contributed by atoms with Crippen LogP contribution in [0.1, 0.15) is 0 Å². The Bertz CT molecular complexity index is 962. The molecular formula is C19H13FN4. The lowest BCUT2D eigenvalue weighted by Crippen LogP contribution is -1.90. The molecule has 0 unspecified atom stereocenters. The molecule has 0 saturated heterocycles. The number of imidazole rings is 1. The Morgan fingerprint density at radius 3 is 2.17 bits per heavy atom. The molecule has 0 spiro atoms. The maximum atomic E-state index is 13.8. The van der Waals surface area contributed by atoms with Crippen molar-refractivity contribution in [1.82, 2.24) is 19.9 Å². The van der Waals surface area contributed by atoms with Crippen LogP contribution in [0.25, 0.3) is 34.0 Å². The number of hydrogen-bond acceptors (Lipinski definition) is 3. The fraction of sp³-hybridized carbons (Fsp3) is 0. The van der Waals surface area contributed by atoms with Crippen LogP contribution >= 0.6 is 0 Å². The Morgan fingerprint density at radius 2 is 1.42 bits per heavy atom. The monoisotopic (exact) mass is 316 g/mol. The minimum absolute atomic E-state index is 0.311. The van der Waals surface area contributed by atoms with Crippen molar-refractivity contribution in [2.45, 2.75) is 0 Å². The van der Waals surface area contributed by atoms with Crippen molar-refractivity contribution < 1.29 is 4.39 Å². The molecule has 2 aromatic carbocycles. The summed E-state index contributed by atoms with van der Waals surface area (Å²) in [5.74, 6) is 0.831. The second-order valence-electron chi connectivity index (χ2n) is 5.29. The average molecular weight is 316 g/mol. The van der Waals surface area contributed by atoms with Crippen molar-refractivity contribution in [3.05, 3.63) is 79.0 Å². The van der Waals surface area contributed by atoms with Crippen LogP contribution in [0.5, 0.6) is 0 Å². The van der Waals surface area contributed by atoms with Crippen LogP contribution < -0.4 is 0 Å². The molecule has 2 aromatic heterocycles. The van der Waals surface area contributed by atoms with E-state index >= 15 is 0 Å². The van der Waals surface area contributed by atoms with Crippen molar-refractivity contribution in [3.8, 4) is 34.0 Å². The van der Waals surface area contributed by atoms with Crippen LogP contribution in [0, 0.1) is 5.82 Å². The first kappa shape index (κ1) is 14.3. The maximum Gasteiger partial charge on any atom is 0.159 e. The molecule has 0 aliphatic heterocycles. The fourth-order valence-corrected chi connectivity index (χ4v) is 2.46. The van der Waals surface area contributed by atoms with Gasteiger partial charge in [-0.2, -0.15) is 0 Å². The van der Waals surface area contributed by atoms with Crippen molar-refractivity contribution >= 4 is 0 Å². The summed E-state index contributed by atoms with van der Waals surface area (Å²) in [5, 5.41) is 0. The Balaban J connectivity index is 1.65. The summed E-state index contributed by atoms with van der Waals surface area (Å²) in [5.41, 5.74) is 2.93. The van der Waals surface area contributed by atoms with Gasteiger partial charge >= 0.3 is 0 Å². The number of H-pyrrole nitrogens is 1. The van der Waals surface area contributed by atoms with Gasteiger partial charge in [0, 0.05) is 23.5 Å². The van der Waals surface area contributed by atoms with Gasteiger partial charge in [-0.05, 0) is 12.1 Å². The van der Waals surface area contributed by atoms with E-state index < -0.39 is 0 Å². The molecule has 0 radical (unpaired) electrons. The first-order valence-electron chi connectivity index (χ1n) is 7.49. The number of rotatable bonds is 3. The van der Waals surface area contributed by atoms with E-state index in [2.05, 4.69) is 19.9 Å². The summed E-state index contributed by atoms with van der Waals surface area (Å²) in [7, 11) is 0. The lowest BCUT2D eigenvalue weighted by atomic mass is 10.2. The van der Waals surface area contributed by atoms with E-state index in [1.807, 2.05) is 30.3 Å². The van der Waals surface area contributed by atoms with Crippen LogP contribution in [0.15, 0.2) is 73.2 Å². The minimum Gasteiger partial charge on any atom is -0.338 e. The molecule has 0 aliphatic rings. The molecule has 4 nitrogen and oxygen atoms in total. The summed E-state index contributed by atoms with van der Waals surface area (Å²) in [6.45, 7) is 0. The number of aromatic nitrogens is 4. The van der Waals surface area contributed by atoms with E-state index in [1.54, 1.807) is 36.8 Å². The third-order valence-electron chi connectivity index (χ3n) is 3.70. The molecule has 0 amide bonds. The second-order valence-corrected chi connectivity index (χ2v) is 5.29. The van der Waals surface area contributed by atoms with E-state index in [0.29, 0.717) is 17.2 Å². The number of hydrogen-bond donors (Lipinski definition) is 1. The van der Waals surface area contributed by atoms with Crippen LogP contribution in [-0.4, -0.2) is 19.9 Å². The zero-order valence-corrected chi connectivity index (χ0v) is 12.6. The molecule has 2 heterocycles. The predicted molar refractivity (Wildman–Crippen MR) is 90.4 cm³/mol. The highest BCUT2D eigenvalue weighted by Crippen LogP contribution is 2.24. The second kappa shape index (κ2) is 6.04. The van der Waals surface area contributed by atoms with Gasteiger partial charge in [-0.1, -0.05) is 42.5 Å². The predicted octanol–water partition coefficient (Wildman–Crippen LogP) is 4.34. The highest BCUT2D eigenvalue weighted by Gasteiger charge is 2.10. The van der Waals surface area contributed by atoms with Crippen molar-refractivity contribution in [2.75, 3.05) is 0 Å². The fourth-order valence-electron chi connectivity index (χ4n) is 2.46. The SMILES string of the molecule is Fc1ccccc1-c1ncc(-c2cnc(-c3ccccc3)nc2)[nH]1. The summed E-state index contributed by atoms with van der Waals surface area (Å²) in [6.07, 6.45) is 5.12. The molecule has 0 atom stereocenters. The number of nitrogens with one attached hydrogen (secondary N) is 1. The Hall–Kier alpha value is -3.34. The highest BCUT2D eigenvalue weighted by molar-refractivity contribution is 5.64. The molecular weight excluding hydrogens is 303 g/mol. The molecule has 0 saturated carbocycles. The molecule has 24 heavy (non-hydrogen) atoms. The Morgan fingerprint density at radius 1 is 0.708 bits per heavy atom. The molecule has 4 rings (SSSR count). The number of aromatic amines is 1. The molecule has 0 aliphatic carbocycles. The summed E-state index contributed by atoms with van der Waals surface area (Å²) < 4.78 is 13.8. The third-order valence-corrected chi connectivity index (χ3v) is 3.70. The van der Waals surface area contributed by atoms with Crippen molar-refractivity contribution in [1.29, 1.82) is 0 Å². The van der Waals surface area contributed by atoms with Gasteiger partial charge in [0.1, 0.15) is 11.6 Å². The molecule has 4 aromatic rings. The van der Waals surface area contributed by atoms with E-state index in [-0.39, 0.29) is 5.82 Å². The van der Waals surface area contributed by atoms with Crippen molar-refractivity contribution in [2.24, 2.45) is 0 Å². The van der Waals surface area contributed by atoms with Crippen LogP contribution in [0.2, 0.25) is 0 Å². The highest BCUT2D eigenvalue weighted by atomic mass is 19.1. The number of halogens is 1. The van der Waals surface area contributed by atoms with Gasteiger partial charge in [0.2, 0.25) is 0 Å². The lowest BCUT2D eigenvalue weighted by molar-refractivity contribution is 0.630. The van der Waals surface area contributed by atoms with Gasteiger partial charge in [-0.3, -0.25) is 0 Å². The minimum atomic E-state index is -0.311. The third kappa shape index (κ3) is 2.67. The summed E-state index contributed by atoms with van der Waals surface area (Å²) in [6, 6.07) is 16.3. The van der Waals surface area contributed by atoms with E-state index in [4.69, 9.17) is 0 Å². The molecule has 116 valence electrons. The van der Waals surface area contributed by atoms with Gasteiger partial charge in [0.05, 0.1) is 17.5 Å². The average Bonchev–Trinajstić information content (AvgIpc) is 3.13. The first-order valence-corrected chi connectivity index (χ1v) is 7.49. The lowest BCUT2D eigenvalue weighted by Gasteiger charge is -2.01. The molecule has 5 heteroatoms. The number of benzene rings is 2. The Labute approximate surface area is 138 Å². The topological polar surface area (TPSA) is 54.5 Å². The standard InChI is InChI=1S/C19H13FN4/c20-16-9-5-4-8-15(16)19-23-12-17(24-19)14-10-21-18(22-11-14)13-6-2-1-3-7-13/h1-12H,(H,23,24). The zero-order valence-electron chi connectivity index (χ0n) is 12.6.